The van der Waals surface area contributed by atoms with Crippen LogP contribution in [0.25, 0.3) is 11.1 Å². The minimum atomic E-state index is -3.70. The van der Waals surface area contributed by atoms with Crippen molar-refractivity contribution in [2.75, 3.05) is 0 Å². The van der Waals surface area contributed by atoms with Gasteiger partial charge in [-0.25, -0.2) is 13.6 Å². The normalized spacial score (nSPS) is 17.0. The van der Waals surface area contributed by atoms with Gasteiger partial charge in [0.1, 0.15) is 0 Å². The number of oxime groups is 1. The predicted octanol–water partition coefficient (Wildman–Crippen LogP) is 2.29. The van der Waals surface area contributed by atoms with E-state index in [-0.39, 0.29) is 17.4 Å². The molecule has 1 unspecified atom stereocenters. The lowest BCUT2D eigenvalue weighted by molar-refractivity contribution is -0.135. The molecule has 1 atom stereocenters. The van der Waals surface area contributed by atoms with Gasteiger partial charge < -0.3 is 9.94 Å². The summed E-state index contributed by atoms with van der Waals surface area (Å²) in [5.41, 5.74) is 3.18. The molecule has 0 saturated carbocycles. The number of carboxylic acids is 1. The molecule has 0 amide bonds. The van der Waals surface area contributed by atoms with Crippen molar-refractivity contribution in [1.82, 2.24) is 0 Å². The summed E-state index contributed by atoms with van der Waals surface area (Å²) in [6, 6.07) is 13.8. The molecule has 1 aliphatic heterocycles. The highest BCUT2D eigenvalue weighted by Gasteiger charge is 2.24. The van der Waals surface area contributed by atoms with Gasteiger partial charge in [-0.1, -0.05) is 41.6 Å². The van der Waals surface area contributed by atoms with Crippen LogP contribution in [0, 0.1) is 0 Å². The number of hydrogen-bond acceptors (Lipinski definition) is 5. The molecule has 7 nitrogen and oxygen atoms in total. The van der Waals surface area contributed by atoms with Crippen LogP contribution in [0.2, 0.25) is 0 Å². The fraction of sp³-hybridized carbons (Fsp3) is 0.176. The van der Waals surface area contributed by atoms with Crippen molar-refractivity contribution in [2.45, 2.75) is 23.8 Å². The highest BCUT2D eigenvalue weighted by molar-refractivity contribution is 7.89. The minimum absolute atomic E-state index is 0.0651. The minimum Gasteiger partial charge on any atom is -0.481 e. The van der Waals surface area contributed by atoms with Crippen LogP contribution in [0.3, 0.4) is 0 Å². The van der Waals surface area contributed by atoms with Crippen molar-refractivity contribution in [1.29, 1.82) is 0 Å². The molecule has 0 saturated heterocycles. The van der Waals surface area contributed by atoms with Crippen molar-refractivity contribution < 1.29 is 23.2 Å². The van der Waals surface area contributed by atoms with Gasteiger partial charge in [0.15, 0.2) is 6.10 Å². The number of primary sulfonamides is 1. The van der Waals surface area contributed by atoms with E-state index in [4.69, 9.17) is 15.1 Å². The first kappa shape index (κ1) is 17.1. The summed E-state index contributed by atoms with van der Waals surface area (Å²) in [5, 5.41) is 17.7. The molecule has 3 rings (SSSR count). The average molecular weight is 360 g/mol. The van der Waals surface area contributed by atoms with Gasteiger partial charge >= 0.3 is 5.97 Å². The Labute approximate surface area is 144 Å². The number of hydrogen-bond donors (Lipinski definition) is 2. The third kappa shape index (κ3) is 4.04. The van der Waals surface area contributed by atoms with Gasteiger partial charge in [0.05, 0.1) is 17.0 Å². The number of benzene rings is 2. The lowest BCUT2D eigenvalue weighted by atomic mass is 9.99. The van der Waals surface area contributed by atoms with Crippen LogP contribution in [0.5, 0.6) is 0 Å². The van der Waals surface area contributed by atoms with Crippen LogP contribution in [-0.4, -0.2) is 25.2 Å². The van der Waals surface area contributed by atoms with E-state index in [0.717, 1.165) is 16.7 Å². The summed E-state index contributed by atoms with van der Waals surface area (Å²) in [6.07, 6.45) is 0.0489. The quantitative estimate of drug-likeness (QED) is 0.848. The van der Waals surface area contributed by atoms with E-state index in [1.165, 1.54) is 12.1 Å². The standard InChI is InChI=1S/C17H16N2O5S/c18-25(22,23)15-7-5-12(6-8-15)11-1-3-13(4-2-11)16-9-14(19-24-16)10-17(20)21/h1-8,16H,9-10H2,(H,20,21)(H2,18,22,23). The Bertz CT molecular complexity index is 919. The van der Waals surface area contributed by atoms with Crippen molar-refractivity contribution in [3.05, 3.63) is 54.1 Å². The molecule has 0 aliphatic carbocycles. The van der Waals surface area contributed by atoms with E-state index < -0.39 is 16.0 Å². The maximum Gasteiger partial charge on any atom is 0.309 e. The molecule has 0 spiro atoms. The number of carboxylic acid groups (broad SMARTS) is 1. The molecular formula is C17H16N2O5S. The molecule has 130 valence electrons. The van der Waals surface area contributed by atoms with Crippen molar-refractivity contribution in [3.63, 3.8) is 0 Å². The summed E-state index contributed by atoms with van der Waals surface area (Å²) < 4.78 is 22.6. The largest absolute Gasteiger partial charge is 0.481 e. The third-order valence-corrected chi connectivity index (χ3v) is 4.81. The van der Waals surface area contributed by atoms with Gasteiger partial charge in [0, 0.05) is 6.42 Å². The molecule has 1 aliphatic rings. The zero-order valence-electron chi connectivity index (χ0n) is 13.1. The molecule has 25 heavy (non-hydrogen) atoms. The van der Waals surface area contributed by atoms with Gasteiger partial charge in [0.2, 0.25) is 10.0 Å². The smallest absolute Gasteiger partial charge is 0.309 e. The number of rotatable bonds is 5. The first-order valence-electron chi connectivity index (χ1n) is 7.49. The Hall–Kier alpha value is -2.71. The summed E-state index contributed by atoms with van der Waals surface area (Å²) in [7, 11) is -3.70. The highest BCUT2D eigenvalue weighted by atomic mass is 32.2. The Kier molecular flexibility index (Phi) is 4.56. The van der Waals surface area contributed by atoms with Gasteiger partial charge in [-0.05, 0) is 28.8 Å². The van der Waals surface area contributed by atoms with Gasteiger partial charge in [0.25, 0.3) is 0 Å². The van der Waals surface area contributed by atoms with Crippen LogP contribution in [-0.2, 0) is 19.7 Å². The summed E-state index contributed by atoms with van der Waals surface area (Å²) in [5.74, 6) is -0.929. The molecule has 2 aromatic rings. The van der Waals surface area contributed by atoms with Crippen LogP contribution < -0.4 is 5.14 Å². The second kappa shape index (κ2) is 6.66. The molecular weight excluding hydrogens is 344 g/mol. The van der Waals surface area contributed by atoms with E-state index in [9.17, 15) is 13.2 Å². The lowest BCUT2D eigenvalue weighted by Gasteiger charge is -2.10. The Morgan fingerprint density at radius 2 is 1.68 bits per heavy atom. The molecule has 0 radical (unpaired) electrons. The number of aliphatic carboxylic acids is 1. The van der Waals surface area contributed by atoms with E-state index >= 15 is 0 Å². The molecule has 0 bridgehead atoms. The summed E-state index contributed by atoms with van der Waals surface area (Å²) in [6.45, 7) is 0. The highest BCUT2D eigenvalue weighted by Crippen LogP contribution is 2.30. The monoisotopic (exact) mass is 360 g/mol. The second-order valence-corrected chi connectivity index (χ2v) is 7.28. The average Bonchev–Trinajstić information content (AvgIpc) is 3.02. The Morgan fingerprint density at radius 1 is 1.12 bits per heavy atom. The van der Waals surface area contributed by atoms with E-state index in [1.54, 1.807) is 12.1 Å². The van der Waals surface area contributed by atoms with Gasteiger partial charge in [-0.2, -0.15) is 0 Å². The van der Waals surface area contributed by atoms with Crippen molar-refractivity contribution in [2.24, 2.45) is 10.3 Å². The fourth-order valence-electron chi connectivity index (χ4n) is 2.61. The lowest BCUT2D eigenvalue weighted by Crippen LogP contribution is -2.11. The molecule has 2 aromatic carbocycles. The number of sulfonamides is 1. The third-order valence-electron chi connectivity index (χ3n) is 3.88. The zero-order valence-corrected chi connectivity index (χ0v) is 13.9. The van der Waals surface area contributed by atoms with Gasteiger partial charge in [-0.15, -0.1) is 0 Å². The molecule has 3 N–H and O–H groups in total. The maximum atomic E-state index is 11.3. The van der Waals surface area contributed by atoms with Crippen LogP contribution in [0.4, 0.5) is 0 Å². The topological polar surface area (TPSA) is 119 Å². The molecule has 0 fully saturated rings. The van der Waals surface area contributed by atoms with Gasteiger partial charge in [-0.3, -0.25) is 4.79 Å². The zero-order chi connectivity index (χ0) is 18.0. The summed E-state index contributed by atoms with van der Waals surface area (Å²) >= 11 is 0. The van der Waals surface area contributed by atoms with Crippen molar-refractivity contribution >= 4 is 21.7 Å². The van der Waals surface area contributed by atoms with Crippen molar-refractivity contribution in [3.8, 4) is 11.1 Å². The Balaban J connectivity index is 1.72. The van der Waals surface area contributed by atoms with E-state index in [2.05, 4.69) is 5.16 Å². The van der Waals surface area contributed by atoms with E-state index in [0.29, 0.717) is 12.1 Å². The summed E-state index contributed by atoms with van der Waals surface area (Å²) in [4.78, 5) is 16.1. The number of nitrogens with two attached hydrogens (primary N) is 1. The molecule has 1 heterocycles. The number of nitrogens with zero attached hydrogens (tertiary/aromatic N) is 1. The Morgan fingerprint density at radius 3 is 2.20 bits per heavy atom. The SMILES string of the molecule is NS(=O)(=O)c1ccc(-c2ccc(C3CC(CC(=O)O)=NO3)cc2)cc1. The molecule has 0 aromatic heterocycles. The van der Waals surface area contributed by atoms with Crippen LogP contribution >= 0.6 is 0 Å². The van der Waals surface area contributed by atoms with Crippen LogP contribution in [0.15, 0.2) is 58.6 Å². The van der Waals surface area contributed by atoms with E-state index in [1.807, 2.05) is 24.3 Å². The fourth-order valence-corrected chi connectivity index (χ4v) is 3.13. The first-order valence-corrected chi connectivity index (χ1v) is 9.04. The maximum absolute atomic E-state index is 11.3. The second-order valence-electron chi connectivity index (χ2n) is 5.72. The predicted molar refractivity (Wildman–Crippen MR) is 91.4 cm³/mol. The first-order chi connectivity index (χ1) is 11.8. The number of carbonyl (C=O) groups is 1. The van der Waals surface area contributed by atoms with Crippen LogP contribution in [0.1, 0.15) is 24.5 Å². The molecule has 8 heteroatoms.